The van der Waals surface area contributed by atoms with Crippen LogP contribution in [-0.2, 0) is 4.79 Å². The van der Waals surface area contributed by atoms with E-state index in [1.807, 2.05) is 6.92 Å². The summed E-state index contributed by atoms with van der Waals surface area (Å²) in [5.41, 5.74) is 0.131. The van der Waals surface area contributed by atoms with Crippen molar-refractivity contribution in [2.75, 3.05) is 13.1 Å². The highest BCUT2D eigenvalue weighted by Gasteiger charge is 2.38. The summed E-state index contributed by atoms with van der Waals surface area (Å²) in [6.45, 7) is 5.37. The molecule has 0 bridgehead atoms. The minimum Gasteiger partial charge on any atom is -0.350 e. The number of carbonyl (C=O) groups excluding carboxylic acids is 1. The average molecular weight is 156 g/mol. The molecule has 0 heterocycles. The molecule has 0 aromatic heterocycles. The van der Waals surface area contributed by atoms with E-state index in [4.69, 9.17) is 0 Å². The summed E-state index contributed by atoms with van der Waals surface area (Å²) in [7, 11) is 0. The molecule has 1 aliphatic carbocycles. The van der Waals surface area contributed by atoms with Crippen molar-refractivity contribution in [1.29, 1.82) is 0 Å². The van der Waals surface area contributed by atoms with E-state index in [1.165, 1.54) is 0 Å². The molecule has 1 amide bonds. The molecular formula is C8H16N2O. The Kier molecular flexibility index (Phi) is 2.49. The van der Waals surface area contributed by atoms with Gasteiger partial charge in [0.05, 0.1) is 6.54 Å². The number of amides is 1. The summed E-state index contributed by atoms with van der Waals surface area (Å²) in [5, 5.41) is 5.95. The van der Waals surface area contributed by atoms with Gasteiger partial charge in [-0.15, -0.1) is 0 Å². The van der Waals surface area contributed by atoms with Crippen molar-refractivity contribution in [2.45, 2.75) is 32.2 Å². The second-order valence-electron chi connectivity index (χ2n) is 3.39. The maximum Gasteiger partial charge on any atom is 0.234 e. The number of likely N-dealkylation sites (N-methyl/N-ethyl adjacent to an activating group) is 1. The van der Waals surface area contributed by atoms with E-state index in [2.05, 4.69) is 17.6 Å². The summed E-state index contributed by atoms with van der Waals surface area (Å²) >= 11 is 0. The molecule has 64 valence electrons. The predicted octanol–water partition coefficient (Wildman–Crippen LogP) is 0.265. The Morgan fingerprint density at radius 1 is 1.55 bits per heavy atom. The molecule has 11 heavy (non-hydrogen) atoms. The van der Waals surface area contributed by atoms with Gasteiger partial charge < -0.3 is 10.6 Å². The van der Waals surface area contributed by atoms with Gasteiger partial charge in [0, 0.05) is 5.54 Å². The molecule has 1 saturated carbocycles. The Hall–Kier alpha value is -0.570. The van der Waals surface area contributed by atoms with Gasteiger partial charge in [-0.2, -0.15) is 0 Å². The number of hydrogen-bond donors (Lipinski definition) is 2. The van der Waals surface area contributed by atoms with Crippen LogP contribution < -0.4 is 10.6 Å². The largest absolute Gasteiger partial charge is 0.350 e. The van der Waals surface area contributed by atoms with E-state index in [1.54, 1.807) is 0 Å². The number of carbonyl (C=O) groups is 1. The maximum absolute atomic E-state index is 11.1. The first-order valence-corrected chi connectivity index (χ1v) is 4.18. The van der Waals surface area contributed by atoms with Crippen molar-refractivity contribution >= 4 is 5.91 Å². The van der Waals surface area contributed by atoms with E-state index in [9.17, 15) is 4.79 Å². The molecule has 0 spiro atoms. The van der Waals surface area contributed by atoms with Crippen molar-refractivity contribution in [2.24, 2.45) is 0 Å². The third-order valence-corrected chi connectivity index (χ3v) is 1.98. The molecule has 0 atom stereocenters. The summed E-state index contributed by atoms with van der Waals surface area (Å²) in [5.74, 6) is 0.117. The van der Waals surface area contributed by atoms with Crippen molar-refractivity contribution in [3.8, 4) is 0 Å². The van der Waals surface area contributed by atoms with Gasteiger partial charge in [0.1, 0.15) is 0 Å². The third-order valence-electron chi connectivity index (χ3n) is 1.98. The first-order valence-electron chi connectivity index (χ1n) is 4.18. The Balaban J connectivity index is 2.11. The van der Waals surface area contributed by atoms with Crippen molar-refractivity contribution in [1.82, 2.24) is 10.6 Å². The topological polar surface area (TPSA) is 41.1 Å². The summed E-state index contributed by atoms with van der Waals surface area (Å²) in [4.78, 5) is 11.1. The standard InChI is InChI=1S/C8H16N2O/c1-3-9-6-7(11)10-8(2)4-5-8/h9H,3-6H2,1-2H3,(H,10,11). The van der Waals surface area contributed by atoms with Gasteiger partial charge in [-0.25, -0.2) is 0 Å². The van der Waals surface area contributed by atoms with Crippen LogP contribution in [-0.4, -0.2) is 24.5 Å². The maximum atomic E-state index is 11.1. The molecule has 3 heteroatoms. The lowest BCUT2D eigenvalue weighted by Crippen LogP contribution is -2.40. The first-order chi connectivity index (χ1) is 5.16. The predicted molar refractivity (Wildman–Crippen MR) is 44.3 cm³/mol. The number of hydrogen-bond acceptors (Lipinski definition) is 2. The zero-order chi connectivity index (χ0) is 8.32. The van der Waals surface area contributed by atoms with E-state index in [0.717, 1.165) is 19.4 Å². The molecule has 1 fully saturated rings. The molecule has 0 aromatic rings. The molecule has 2 N–H and O–H groups in total. The van der Waals surface area contributed by atoms with Crippen molar-refractivity contribution in [3.63, 3.8) is 0 Å². The van der Waals surface area contributed by atoms with E-state index in [-0.39, 0.29) is 11.4 Å². The quantitative estimate of drug-likeness (QED) is 0.613. The molecule has 0 unspecified atom stereocenters. The highest BCUT2D eigenvalue weighted by molar-refractivity contribution is 5.79. The molecule has 0 saturated heterocycles. The zero-order valence-corrected chi connectivity index (χ0v) is 7.24. The molecule has 0 radical (unpaired) electrons. The fraction of sp³-hybridized carbons (Fsp3) is 0.875. The van der Waals surface area contributed by atoms with Gasteiger partial charge in [0.15, 0.2) is 0 Å². The molecule has 0 aliphatic heterocycles. The molecule has 1 rings (SSSR count). The lowest BCUT2D eigenvalue weighted by Gasteiger charge is -2.10. The SMILES string of the molecule is CCNCC(=O)NC1(C)CC1. The van der Waals surface area contributed by atoms with Crippen LogP contribution >= 0.6 is 0 Å². The first kappa shape index (κ1) is 8.53. The monoisotopic (exact) mass is 156 g/mol. The Morgan fingerprint density at radius 2 is 2.18 bits per heavy atom. The van der Waals surface area contributed by atoms with E-state index >= 15 is 0 Å². The molecule has 0 aromatic carbocycles. The summed E-state index contributed by atoms with van der Waals surface area (Å²) < 4.78 is 0. The second-order valence-corrected chi connectivity index (χ2v) is 3.39. The number of rotatable bonds is 4. The lowest BCUT2D eigenvalue weighted by atomic mass is 10.3. The Labute approximate surface area is 67.5 Å². The van der Waals surface area contributed by atoms with Gasteiger partial charge >= 0.3 is 0 Å². The molecule has 3 nitrogen and oxygen atoms in total. The smallest absolute Gasteiger partial charge is 0.234 e. The summed E-state index contributed by atoms with van der Waals surface area (Å²) in [6.07, 6.45) is 2.26. The minimum atomic E-state index is 0.117. The van der Waals surface area contributed by atoms with Crippen LogP contribution in [0.2, 0.25) is 0 Å². The Bertz CT molecular complexity index is 152. The Morgan fingerprint density at radius 3 is 2.64 bits per heavy atom. The molecular weight excluding hydrogens is 140 g/mol. The number of nitrogens with one attached hydrogen (secondary N) is 2. The minimum absolute atomic E-state index is 0.117. The van der Waals surface area contributed by atoms with E-state index in [0.29, 0.717) is 6.54 Å². The zero-order valence-electron chi connectivity index (χ0n) is 7.24. The van der Waals surface area contributed by atoms with Crippen LogP contribution in [0.15, 0.2) is 0 Å². The van der Waals surface area contributed by atoms with E-state index < -0.39 is 0 Å². The van der Waals surface area contributed by atoms with Crippen LogP contribution in [0.1, 0.15) is 26.7 Å². The second kappa shape index (κ2) is 3.22. The van der Waals surface area contributed by atoms with Gasteiger partial charge in [0.2, 0.25) is 5.91 Å². The van der Waals surface area contributed by atoms with Crippen LogP contribution in [0, 0.1) is 0 Å². The van der Waals surface area contributed by atoms with Gasteiger partial charge in [-0.3, -0.25) is 4.79 Å². The highest BCUT2D eigenvalue weighted by Crippen LogP contribution is 2.33. The van der Waals surface area contributed by atoms with Crippen molar-refractivity contribution in [3.05, 3.63) is 0 Å². The van der Waals surface area contributed by atoms with Gasteiger partial charge in [0.25, 0.3) is 0 Å². The third kappa shape index (κ3) is 2.89. The average Bonchev–Trinajstić information content (AvgIpc) is 2.63. The van der Waals surface area contributed by atoms with Crippen molar-refractivity contribution < 1.29 is 4.79 Å². The van der Waals surface area contributed by atoms with Gasteiger partial charge in [-0.05, 0) is 26.3 Å². The van der Waals surface area contributed by atoms with Crippen LogP contribution in [0.4, 0.5) is 0 Å². The fourth-order valence-electron chi connectivity index (χ4n) is 0.932. The fourth-order valence-corrected chi connectivity index (χ4v) is 0.932. The van der Waals surface area contributed by atoms with Crippen LogP contribution in [0.3, 0.4) is 0 Å². The van der Waals surface area contributed by atoms with Gasteiger partial charge in [-0.1, -0.05) is 6.92 Å². The van der Waals surface area contributed by atoms with Crippen LogP contribution in [0.25, 0.3) is 0 Å². The highest BCUT2D eigenvalue weighted by atomic mass is 16.2. The van der Waals surface area contributed by atoms with Crippen LogP contribution in [0.5, 0.6) is 0 Å². The summed E-state index contributed by atoms with van der Waals surface area (Å²) in [6, 6.07) is 0. The lowest BCUT2D eigenvalue weighted by molar-refractivity contribution is -0.121. The normalized spacial score (nSPS) is 19.5. The molecule has 1 aliphatic rings.